The molecule has 0 unspecified atom stereocenters. The highest BCUT2D eigenvalue weighted by Crippen LogP contribution is 2.40. The van der Waals surface area contributed by atoms with Gasteiger partial charge in [0, 0.05) is 43.6 Å². The van der Waals surface area contributed by atoms with E-state index in [2.05, 4.69) is 103 Å². The fraction of sp³-hybridized carbons (Fsp3) is 0. The Morgan fingerprint density at radius 2 is 0.907 bits per heavy atom. The number of benzene rings is 8. The van der Waals surface area contributed by atoms with E-state index in [0.717, 1.165) is 82.5 Å². The lowest BCUT2D eigenvalue weighted by Gasteiger charge is -2.09. The minimum absolute atomic E-state index is 0.577. The van der Waals surface area contributed by atoms with Crippen LogP contribution in [0, 0.1) is 0 Å². The van der Waals surface area contributed by atoms with Crippen LogP contribution in [0.3, 0.4) is 0 Å². The molecule has 0 aliphatic rings. The lowest BCUT2D eigenvalue weighted by atomic mass is 9.98. The Bertz CT molecular complexity index is 3200. The lowest BCUT2D eigenvalue weighted by Crippen LogP contribution is -2.00. The molecule has 0 bridgehead atoms. The van der Waals surface area contributed by atoms with E-state index in [4.69, 9.17) is 23.8 Å². The summed E-state index contributed by atoms with van der Waals surface area (Å²) in [5, 5.41) is 6.29. The van der Waals surface area contributed by atoms with Gasteiger partial charge < -0.3 is 8.83 Å². The van der Waals surface area contributed by atoms with Gasteiger partial charge in [0.2, 0.25) is 0 Å². The van der Waals surface area contributed by atoms with Crippen LogP contribution < -0.4 is 0 Å². The van der Waals surface area contributed by atoms with Crippen molar-refractivity contribution in [3.8, 4) is 56.4 Å². The molecular weight excluding hydrogens is 663 g/mol. The van der Waals surface area contributed by atoms with Crippen molar-refractivity contribution in [1.29, 1.82) is 0 Å². The Balaban J connectivity index is 1.08. The van der Waals surface area contributed by atoms with Crippen LogP contribution in [0.5, 0.6) is 0 Å². The average Bonchev–Trinajstić information content (AvgIpc) is 3.82. The maximum absolute atomic E-state index is 6.44. The van der Waals surface area contributed by atoms with Gasteiger partial charge in [-0.05, 0) is 70.1 Å². The van der Waals surface area contributed by atoms with Gasteiger partial charge in [0.05, 0.1) is 0 Å². The van der Waals surface area contributed by atoms with Gasteiger partial charge in [0.1, 0.15) is 22.3 Å². The Hall–Kier alpha value is -7.37. The van der Waals surface area contributed by atoms with Gasteiger partial charge in [-0.25, -0.2) is 15.0 Å². The van der Waals surface area contributed by atoms with Gasteiger partial charge in [0.25, 0.3) is 0 Å². The monoisotopic (exact) mass is 691 g/mol. The molecule has 3 heterocycles. The third kappa shape index (κ3) is 4.98. The van der Waals surface area contributed by atoms with Crippen LogP contribution in [0.1, 0.15) is 0 Å². The fourth-order valence-corrected chi connectivity index (χ4v) is 7.66. The summed E-state index contributed by atoms with van der Waals surface area (Å²) in [6.45, 7) is 0. The first-order valence-corrected chi connectivity index (χ1v) is 18.0. The molecule has 5 nitrogen and oxygen atoms in total. The predicted molar refractivity (Wildman–Crippen MR) is 219 cm³/mol. The van der Waals surface area contributed by atoms with Crippen molar-refractivity contribution < 1.29 is 8.83 Å². The van der Waals surface area contributed by atoms with Crippen molar-refractivity contribution in [2.75, 3.05) is 0 Å². The van der Waals surface area contributed by atoms with E-state index in [9.17, 15) is 0 Å². The van der Waals surface area contributed by atoms with Crippen LogP contribution in [-0.4, -0.2) is 15.0 Å². The third-order valence-corrected chi connectivity index (χ3v) is 10.3. The molecular formula is C49H29N3O2. The maximum atomic E-state index is 6.44. The van der Waals surface area contributed by atoms with Crippen LogP contribution >= 0.6 is 0 Å². The van der Waals surface area contributed by atoms with Gasteiger partial charge in [-0.1, -0.05) is 133 Å². The molecule has 0 aliphatic heterocycles. The van der Waals surface area contributed by atoms with Crippen LogP contribution in [0.25, 0.3) is 111 Å². The van der Waals surface area contributed by atoms with Gasteiger partial charge in [-0.3, -0.25) is 0 Å². The zero-order valence-electron chi connectivity index (χ0n) is 28.9. The topological polar surface area (TPSA) is 65.0 Å². The zero-order chi connectivity index (χ0) is 35.6. The second-order valence-corrected chi connectivity index (χ2v) is 13.6. The molecule has 11 rings (SSSR count). The van der Waals surface area contributed by atoms with Crippen molar-refractivity contribution in [2.45, 2.75) is 0 Å². The quantitative estimate of drug-likeness (QED) is 0.180. The summed E-state index contributed by atoms with van der Waals surface area (Å²) in [5.41, 5.74) is 10.6. The molecule has 0 fully saturated rings. The molecule has 5 heteroatoms. The van der Waals surface area contributed by atoms with Crippen LogP contribution in [0.2, 0.25) is 0 Å². The van der Waals surface area contributed by atoms with Gasteiger partial charge in [-0.2, -0.15) is 0 Å². The van der Waals surface area contributed by atoms with E-state index in [1.54, 1.807) is 0 Å². The summed E-state index contributed by atoms with van der Waals surface area (Å²) in [4.78, 5) is 15.3. The summed E-state index contributed by atoms with van der Waals surface area (Å²) in [7, 11) is 0. The van der Waals surface area contributed by atoms with E-state index in [0.29, 0.717) is 17.5 Å². The number of hydrogen-bond acceptors (Lipinski definition) is 5. The Kier molecular flexibility index (Phi) is 6.79. The molecule has 0 N–H and O–H groups in total. The first-order chi connectivity index (χ1) is 26.7. The number of rotatable bonds is 5. The van der Waals surface area contributed by atoms with Crippen molar-refractivity contribution in [3.63, 3.8) is 0 Å². The third-order valence-electron chi connectivity index (χ3n) is 10.3. The summed E-state index contributed by atoms with van der Waals surface area (Å²) in [6, 6.07) is 60.5. The lowest BCUT2D eigenvalue weighted by molar-refractivity contribution is 0.669. The number of furan rings is 2. The molecule has 3 aromatic heterocycles. The smallest absolute Gasteiger partial charge is 0.164 e. The number of nitrogens with zero attached hydrogens (tertiary/aromatic N) is 3. The van der Waals surface area contributed by atoms with Gasteiger partial charge >= 0.3 is 0 Å². The highest BCUT2D eigenvalue weighted by atomic mass is 16.3. The van der Waals surface area contributed by atoms with E-state index >= 15 is 0 Å². The molecule has 0 saturated carbocycles. The van der Waals surface area contributed by atoms with Crippen molar-refractivity contribution >= 4 is 54.6 Å². The number of hydrogen-bond donors (Lipinski definition) is 0. The molecule has 0 atom stereocenters. The second kappa shape index (κ2) is 12.1. The fourth-order valence-electron chi connectivity index (χ4n) is 7.66. The maximum Gasteiger partial charge on any atom is 0.164 e. The second-order valence-electron chi connectivity index (χ2n) is 13.6. The largest absolute Gasteiger partial charge is 0.456 e. The van der Waals surface area contributed by atoms with E-state index in [1.807, 2.05) is 72.8 Å². The summed E-state index contributed by atoms with van der Waals surface area (Å²) >= 11 is 0. The zero-order valence-corrected chi connectivity index (χ0v) is 28.9. The summed E-state index contributed by atoms with van der Waals surface area (Å²) in [5.74, 6) is 1.76. The van der Waals surface area contributed by atoms with E-state index in [1.165, 1.54) is 11.1 Å². The molecule has 11 aromatic rings. The highest BCUT2D eigenvalue weighted by molar-refractivity contribution is 6.16. The molecule has 0 spiro atoms. The molecule has 252 valence electrons. The first kappa shape index (κ1) is 30.3. The minimum Gasteiger partial charge on any atom is -0.456 e. The highest BCUT2D eigenvalue weighted by Gasteiger charge is 2.19. The molecule has 54 heavy (non-hydrogen) atoms. The Morgan fingerprint density at radius 3 is 1.70 bits per heavy atom. The van der Waals surface area contributed by atoms with Gasteiger partial charge in [0.15, 0.2) is 17.5 Å². The van der Waals surface area contributed by atoms with Crippen LogP contribution in [0.4, 0.5) is 0 Å². The Morgan fingerprint density at radius 1 is 0.315 bits per heavy atom. The molecule has 0 saturated heterocycles. The number of fused-ring (bicyclic) bond motifs is 8. The Labute approximate surface area is 309 Å². The average molecular weight is 692 g/mol. The standard InChI is InChI=1S/C49H29N3O2/c1-3-10-30(11-4-1)31-18-20-32(21-19-31)35-23-26-43-41(28-35)45-39(16-9-17-44(45)53-43)49-51-47(34-13-5-2-6-14-34)50-48(52-49)36-24-27-42-40(29-36)38-25-22-33-12-7-8-15-37(33)46(38)54-42/h1-29H. The minimum atomic E-state index is 0.577. The number of aromatic nitrogens is 3. The molecule has 0 amide bonds. The SMILES string of the molecule is c1ccc(-c2ccc(-c3ccc4oc5cccc(-c6nc(-c7ccccc7)nc(-c7ccc8oc9c%10ccccc%10ccc9c8c7)n6)c5c4c3)cc2)cc1. The summed E-state index contributed by atoms with van der Waals surface area (Å²) < 4.78 is 12.9. The normalized spacial score (nSPS) is 11.7. The molecule has 0 aliphatic carbocycles. The van der Waals surface area contributed by atoms with Crippen LogP contribution in [0.15, 0.2) is 185 Å². The van der Waals surface area contributed by atoms with E-state index in [-0.39, 0.29) is 0 Å². The van der Waals surface area contributed by atoms with Crippen molar-refractivity contribution in [1.82, 2.24) is 15.0 Å². The molecule has 0 radical (unpaired) electrons. The predicted octanol–water partition coefficient (Wildman–Crippen LogP) is 13.2. The van der Waals surface area contributed by atoms with Gasteiger partial charge in [-0.15, -0.1) is 0 Å². The van der Waals surface area contributed by atoms with E-state index < -0.39 is 0 Å². The first-order valence-electron chi connectivity index (χ1n) is 18.0. The molecule has 8 aromatic carbocycles. The van der Waals surface area contributed by atoms with Crippen LogP contribution in [-0.2, 0) is 0 Å². The van der Waals surface area contributed by atoms with Crippen molar-refractivity contribution in [2.24, 2.45) is 0 Å². The summed E-state index contributed by atoms with van der Waals surface area (Å²) in [6.07, 6.45) is 0. The van der Waals surface area contributed by atoms with Crippen molar-refractivity contribution in [3.05, 3.63) is 176 Å².